The van der Waals surface area contributed by atoms with Gasteiger partial charge in [-0.25, -0.2) is 0 Å². The molecule has 0 aromatic heterocycles. The Kier molecular flexibility index (Phi) is 3.76. The summed E-state index contributed by atoms with van der Waals surface area (Å²) in [5.41, 5.74) is 13.0. The molecule has 0 bridgehead atoms. The first-order valence-electron chi connectivity index (χ1n) is 7.62. The summed E-state index contributed by atoms with van der Waals surface area (Å²) < 4.78 is 0. The van der Waals surface area contributed by atoms with E-state index in [0.29, 0.717) is 5.70 Å². The number of allylic oxidation sites excluding steroid dienone is 1. The molecular formula is C20H22N2. The van der Waals surface area contributed by atoms with Crippen molar-refractivity contribution in [3.05, 3.63) is 77.0 Å². The van der Waals surface area contributed by atoms with Crippen LogP contribution in [0.15, 0.2) is 54.7 Å². The van der Waals surface area contributed by atoms with Gasteiger partial charge in [0.05, 0.1) is 0 Å². The Morgan fingerprint density at radius 2 is 1.77 bits per heavy atom. The number of rotatable bonds is 2. The summed E-state index contributed by atoms with van der Waals surface area (Å²) >= 11 is 0. The lowest BCUT2D eigenvalue weighted by molar-refractivity contribution is 0.847. The topological polar surface area (TPSA) is 29.3 Å². The summed E-state index contributed by atoms with van der Waals surface area (Å²) in [6, 6.07) is 14.9. The van der Waals surface area contributed by atoms with Gasteiger partial charge in [0.2, 0.25) is 0 Å². The zero-order valence-corrected chi connectivity index (χ0v) is 13.2. The van der Waals surface area contributed by atoms with Crippen molar-refractivity contribution in [2.75, 3.05) is 11.9 Å². The average Bonchev–Trinajstić information content (AvgIpc) is 2.51. The van der Waals surface area contributed by atoms with Crippen LogP contribution in [0.2, 0.25) is 0 Å². The molecule has 3 rings (SSSR count). The van der Waals surface area contributed by atoms with Gasteiger partial charge >= 0.3 is 0 Å². The summed E-state index contributed by atoms with van der Waals surface area (Å²) in [5.74, 6) is 0.139. The van der Waals surface area contributed by atoms with Crippen molar-refractivity contribution in [2.24, 2.45) is 5.73 Å². The molecule has 1 unspecified atom stereocenters. The van der Waals surface area contributed by atoms with Gasteiger partial charge in [0.1, 0.15) is 0 Å². The Hall–Kier alpha value is -2.48. The molecule has 112 valence electrons. The van der Waals surface area contributed by atoms with Crippen molar-refractivity contribution in [3.63, 3.8) is 0 Å². The van der Waals surface area contributed by atoms with Crippen LogP contribution in [0.5, 0.6) is 0 Å². The SMILES string of the molecule is C=C(N)C(C)c1cccc2c1N(C)Cc1ccccc1/C=C\2. The molecule has 2 aromatic rings. The summed E-state index contributed by atoms with van der Waals surface area (Å²) in [6.45, 7) is 6.92. The van der Waals surface area contributed by atoms with E-state index in [1.165, 1.54) is 27.9 Å². The fourth-order valence-electron chi connectivity index (χ4n) is 3.06. The minimum absolute atomic E-state index is 0.139. The molecule has 0 saturated carbocycles. The van der Waals surface area contributed by atoms with E-state index in [9.17, 15) is 0 Å². The fraction of sp³-hybridized carbons (Fsp3) is 0.200. The quantitative estimate of drug-likeness (QED) is 0.889. The number of benzene rings is 2. The van der Waals surface area contributed by atoms with E-state index in [-0.39, 0.29) is 5.92 Å². The molecule has 2 N–H and O–H groups in total. The number of hydrogen-bond acceptors (Lipinski definition) is 2. The summed E-state index contributed by atoms with van der Waals surface area (Å²) in [5, 5.41) is 0. The van der Waals surface area contributed by atoms with Gasteiger partial charge in [-0.15, -0.1) is 0 Å². The lowest BCUT2D eigenvalue weighted by Crippen LogP contribution is -2.22. The Labute approximate surface area is 132 Å². The highest BCUT2D eigenvalue weighted by molar-refractivity contribution is 5.81. The predicted molar refractivity (Wildman–Crippen MR) is 95.7 cm³/mol. The number of para-hydroxylation sites is 1. The maximum atomic E-state index is 5.96. The highest BCUT2D eigenvalue weighted by Crippen LogP contribution is 2.36. The molecule has 0 saturated heterocycles. The Bertz CT molecular complexity index is 743. The van der Waals surface area contributed by atoms with E-state index in [1.807, 2.05) is 0 Å². The number of nitrogens with two attached hydrogens (primary N) is 1. The number of anilines is 1. The first-order valence-corrected chi connectivity index (χ1v) is 7.62. The summed E-state index contributed by atoms with van der Waals surface area (Å²) in [6.07, 6.45) is 4.40. The van der Waals surface area contributed by atoms with Gasteiger partial charge < -0.3 is 10.6 Å². The maximum Gasteiger partial charge on any atom is 0.0479 e. The normalized spacial score (nSPS) is 16.0. The molecule has 1 aliphatic heterocycles. The van der Waals surface area contributed by atoms with Crippen molar-refractivity contribution in [1.29, 1.82) is 0 Å². The van der Waals surface area contributed by atoms with E-state index in [0.717, 1.165) is 6.54 Å². The second-order valence-electron chi connectivity index (χ2n) is 5.97. The Morgan fingerprint density at radius 3 is 2.55 bits per heavy atom. The van der Waals surface area contributed by atoms with Crippen molar-refractivity contribution in [1.82, 2.24) is 0 Å². The molecule has 2 aromatic carbocycles. The van der Waals surface area contributed by atoms with E-state index >= 15 is 0 Å². The van der Waals surface area contributed by atoms with Crippen LogP contribution in [0, 0.1) is 0 Å². The van der Waals surface area contributed by atoms with Crippen molar-refractivity contribution in [3.8, 4) is 0 Å². The smallest absolute Gasteiger partial charge is 0.0479 e. The van der Waals surface area contributed by atoms with E-state index in [2.05, 4.69) is 80.1 Å². The first-order chi connectivity index (χ1) is 10.6. The molecule has 1 atom stereocenters. The summed E-state index contributed by atoms with van der Waals surface area (Å²) in [4.78, 5) is 2.31. The van der Waals surface area contributed by atoms with Gasteiger partial charge in [-0.1, -0.05) is 68.1 Å². The van der Waals surface area contributed by atoms with Crippen LogP contribution in [0.25, 0.3) is 12.2 Å². The molecule has 0 aliphatic carbocycles. The molecule has 0 spiro atoms. The Morgan fingerprint density at radius 1 is 1.09 bits per heavy atom. The van der Waals surface area contributed by atoms with E-state index < -0.39 is 0 Å². The monoisotopic (exact) mass is 290 g/mol. The molecule has 0 fully saturated rings. The van der Waals surface area contributed by atoms with E-state index in [4.69, 9.17) is 5.73 Å². The second kappa shape index (κ2) is 5.72. The predicted octanol–water partition coefficient (Wildman–Crippen LogP) is 4.38. The third-order valence-corrected chi connectivity index (χ3v) is 4.41. The van der Waals surface area contributed by atoms with Crippen LogP contribution in [-0.2, 0) is 6.54 Å². The zero-order chi connectivity index (χ0) is 15.7. The lowest BCUT2D eigenvalue weighted by Gasteiger charge is -2.29. The average molecular weight is 290 g/mol. The lowest BCUT2D eigenvalue weighted by atomic mass is 9.92. The third-order valence-electron chi connectivity index (χ3n) is 4.41. The maximum absolute atomic E-state index is 5.96. The van der Waals surface area contributed by atoms with Crippen LogP contribution >= 0.6 is 0 Å². The highest BCUT2D eigenvalue weighted by Gasteiger charge is 2.19. The molecule has 2 nitrogen and oxygen atoms in total. The van der Waals surface area contributed by atoms with E-state index in [1.54, 1.807) is 0 Å². The van der Waals surface area contributed by atoms with Crippen LogP contribution < -0.4 is 10.6 Å². The molecule has 0 amide bonds. The third kappa shape index (κ3) is 2.52. The van der Waals surface area contributed by atoms with Gasteiger partial charge in [0, 0.05) is 30.9 Å². The molecule has 1 aliphatic rings. The number of nitrogens with zero attached hydrogens (tertiary/aromatic N) is 1. The van der Waals surface area contributed by atoms with Gasteiger partial charge in [0.25, 0.3) is 0 Å². The fourth-order valence-corrected chi connectivity index (χ4v) is 3.06. The molecule has 1 heterocycles. The van der Waals surface area contributed by atoms with Crippen molar-refractivity contribution < 1.29 is 0 Å². The zero-order valence-electron chi connectivity index (χ0n) is 13.2. The van der Waals surface area contributed by atoms with Crippen LogP contribution in [-0.4, -0.2) is 7.05 Å². The number of fused-ring (bicyclic) bond motifs is 2. The van der Waals surface area contributed by atoms with Crippen LogP contribution in [0.3, 0.4) is 0 Å². The molecule has 2 heteroatoms. The van der Waals surface area contributed by atoms with Gasteiger partial charge in [-0.05, 0) is 22.3 Å². The first kappa shape index (κ1) is 14.5. The minimum atomic E-state index is 0.139. The van der Waals surface area contributed by atoms with Gasteiger partial charge in [-0.2, -0.15) is 0 Å². The molecule has 22 heavy (non-hydrogen) atoms. The molecular weight excluding hydrogens is 268 g/mol. The van der Waals surface area contributed by atoms with Gasteiger partial charge in [-0.3, -0.25) is 0 Å². The highest BCUT2D eigenvalue weighted by atomic mass is 15.1. The standard InChI is InChI=1S/C20H22N2/c1-14(15(2)21)19-10-6-9-17-12-11-16-7-4-5-8-18(16)13-22(3)20(17)19/h4-12,14H,2,13,21H2,1,3H3/b12-11-. The van der Waals surface area contributed by atoms with Crippen molar-refractivity contribution >= 4 is 17.8 Å². The number of hydrogen-bond donors (Lipinski definition) is 1. The molecule has 0 radical (unpaired) electrons. The van der Waals surface area contributed by atoms with Crippen LogP contribution in [0.4, 0.5) is 5.69 Å². The second-order valence-corrected chi connectivity index (χ2v) is 5.97. The van der Waals surface area contributed by atoms with Gasteiger partial charge in [0.15, 0.2) is 0 Å². The van der Waals surface area contributed by atoms with Crippen molar-refractivity contribution in [2.45, 2.75) is 19.4 Å². The van der Waals surface area contributed by atoms with Crippen LogP contribution in [0.1, 0.15) is 35.1 Å². The minimum Gasteiger partial charge on any atom is -0.402 e. The summed E-state index contributed by atoms with van der Waals surface area (Å²) in [7, 11) is 2.14. The Balaban J connectivity index is 2.16. The largest absolute Gasteiger partial charge is 0.402 e.